The highest BCUT2D eigenvalue weighted by Crippen LogP contribution is 2.29. The molecule has 1 saturated carbocycles. The number of carbonyl (C=O) groups excluding carboxylic acids is 1. The van der Waals surface area contributed by atoms with Gasteiger partial charge in [0.05, 0.1) is 10.0 Å². The molecule has 1 aliphatic carbocycles. The van der Waals surface area contributed by atoms with Crippen LogP contribution in [0.3, 0.4) is 0 Å². The third-order valence-electron chi connectivity index (χ3n) is 2.72. The van der Waals surface area contributed by atoms with Gasteiger partial charge >= 0.3 is 5.97 Å². The maximum absolute atomic E-state index is 12.2. The molecule has 1 N–H and O–H groups in total. The molecule has 6 heteroatoms. The number of rotatable bonds is 4. The fourth-order valence-corrected chi connectivity index (χ4v) is 1.99. The van der Waals surface area contributed by atoms with Gasteiger partial charge in [0.25, 0.3) is 5.91 Å². The van der Waals surface area contributed by atoms with Crippen LogP contribution in [0.15, 0.2) is 18.2 Å². The number of carbonyl (C=O) groups is 2. The highest BCUT2D eigenvalue weighted by atomic mass is 35.5. The van der Waals surface area contributed by atoms with Crippen LogP contribution in [-0.2, 0) is 4.79 Å². The molecule has 0 radical (unpaired) electrons. The Morgan fingerprint density at radius 3 is 2.44 bits per heavy atom. The van der Waals surface area contributed by atoms with Crippen molar-refractivity contribution in [3.63, 3.8) is 0 Å². The molecular formula is C12H11Cl2NO3. The van der Waals surface area contributed by atoms with Crippen molar-refractivity contribution in [3.05, 3.63) is 33.8 Å². The summed E-state index contributed by atoms with van der Waals surface area (Å²) in [4.78, 5) is 24.3. The summed E-state index contributed by atoms with van der Waals surface area (Å²) in [7, 11) is 0. The van der Waals surface area contributed by atoms with E-state index in [0.29, 0.717) is 10.6 Å². The van der Waals surface area contributed by atoms with Gasteiger partial charge < -0.3 is 10.0 Å². The van der Waals surface area contributed by atoms with E-state index in [9.17, 15) is 9.59 Å². The second-order valence-corrected chi connectivity index (χ2v) is 5.00. The molecule has 0 bridgehead atoms. The van der Waals surface area contributed by atoms with Crippen LogP contribution < -0.4 is 0 Å². The lowest BCUT2D eigenvalue weighted by atomic mass is 10.2. The van der Waals surface area contributed by atoms with E-state index in [1.165, 1.54) is 17.0 Å². The van der Waals surface area contributed by atoms with Crippen LogP contribution in [0.1, 0.15) is 23.2 Å². The predicted octanol–water partition coefficient (Wildman–Crippen LogP) is 2.68. The standard InChI is InChI=1S/C12H11Cl2NO3/c13-9-4-1-7(5-10(9)14)12(18)15(6-11(16)17)8-2-3-8/h1,4-5,8H,2-3,6H2,(H,16,17). The molecule has 2 rings (SSSR count). The van der Waals surface area contributed by atoms with Gasteiger partial charge in [0.15, 0.2) is 0 Å². The van der Waals surface area contributed by atoms with Gasteiger partial charge in [0.2, 0.25) is 0 Å². The van der Waals surface area contributed by atoms with Gasteiger partial charge in [-0.2, -0.15) is 0 Å². The lowest BCUT2D eigenvalue weighted by Crippen LogP contribution is -2.37. The summed E-state index contributed by atoms with van der Waals surface area (Å²) >= 11 is 11.6. The lowest BCUT2D eigenvalue weighted by molar-refractivity contribution is -0.137. The van der Waals surface area contributed by atoms with Crippen molar-refractivity contribution in [1.82, 2.24) is 4.90 Å². The van der Waals surface area contributed by atoms with Gasteiger partial charge in [-0.05, 0) is 31.0 Å². The molecule has 1 fully saturated rings. The van der Waals surface area contributed by atoms with Crippen LogP contribution in [0.2, 0.25) is 10.0 Å². The quantitative estimate of drug-likeness (QED) is 0.926. The minimum absolute atomic E-state index is 0.0306. The summed E-state index contributed by atoms with van der Waals surface area (Å²) < 4.78 is 0. The lowest BCUT2D eigenvalue weighted by Gasteiger charge is -2.20. The normalized spacial score (nSPS) is 14.3. The number of nitrogens with zero attached hydrogens (tertiary/aromatic N) is 1. The second-order valence-electron chi connectivity index (χ2n) is 4.19. The second kappa shape index (κ2) is 5.16. The van der Waals surface area contributed by atoms with E-state index in [0.717, 1.165) is 12.8 Å². The Morgan fingerprint density at radius 1 is 1.28 bits per heavy atom. The van der Waals surface area contributed by atoms with E-state index >= 15 is 0 Å². The van der Waals surface area contributed by atoms with Crippen molar-refractivity contribution in [1.29, 1.82) is 0 Å². The molecule has 0 aliphatic heterocycles. The Bertz CT molecular complexity index is 500. The third kappa shape index (κ3) is 2.94. The van der Waals surface area contributed by atoms with Crippen molar-refractivity contribution < 1.29 is 14.7 Å². The first-order chi connectivity index (χ1) is 8.49. The van der Waals surface area contributed by atoms with E-state index in [1.807, 2.05) is 0 Å². The average molecular weight is 288 g/mol. The van der Waals surface area contributed by atoms with E-state index in [2.05, 4.69) is 0 Å². The Morgan fingerprint density at radius 2 is 1.94 bits per heavy atom. The van der Waals surface area contributed by atoms with Gasteiger partial charge in [-0.3, -0.25) is 9.59 Å². The minimum Gasteiger partial charge on any atom is -0.480 e. The predicted molar refractivity (Wildman–Crippen MR) is 68.2 cm³/mol. The van der Waals surface area contributed by atoms with Gasteiger partial charge in [-0.1, -0.05) is 23.2 Å². The molecule has 0 atom stereocenters. The molecule has 1 aromatic carbocycles. The monoisotopic (exact) mass is 287 g/mol. The number of hydrogen-bond acceptors (Lipinski definition) is 2. The van der Waals surface area contributed by atoms with Crippen LogP contribution in [-0.4, -0.2) is 34.5 Å². The van der Waals surface area contributed by atoms with Gasteiger partial charge in [0.1, 0.15) is 6.54 Å². The third-order valence-corrected chi connectivity index (χ3v) is 3.46. The maximum Gasteiger partial charge on any atom is 0.323 e. The maximum atomic E-state index is 12.2. The summed E-state index contributed by atoms with van der Waals surface area (Å²) in [5.41, 5.74) is 0.359. The molecule has 0 aromatic heterocycles. The van der Waals surface area contributed by atoms with Crippen molar-refractivity contribution >= 4 is 35.1 Å². The molecule has 1 amide bonds. The molecule has 18 heavy (non-hydrogen) atoms. The van der Waals surface area contributed by atoms with Crippen molar-refractivity contribution in [3.8, 4) is 0 Å². The van der Waals surface area contributed by atoms with E-state index in [1.54, 1.807) is 6.07 Å². The molecule has 0 unspecified atom stereocenters. The topological polar surface area (TPSA) is 57.6 Å². The molecule has 0 heterocycles. The van der Waals surface area contributed by atoms with Crippen LogP contribution in [0, 0.1) is 0 Å². The van der Waals surface area contributed by atoms with E-state index in [-0.39, 0.29) is 23.5 Å². The Kier molecular flexibility index (Phi) is 3.78. The molecule has 96 valence electrons. The fourth-order valence-electron chi connectivity index (χ4n) is 1.69. The first kappa shape index (κ1) is 13.2. The highest BCUT2D eigenvalue weighted by Gasteiger charge is 2.34. The van der Waals surface area contributed by atoms with Crippen molar-refractivity contribution in [2.45, 2.75) is 18.9 Å². The van der Waals surface area contributed by atoms with E-state index in [4.69, 9.17) is 28.3 Å². The smallest absolute Gasteiger partial charge is 0.323 e. The molecular weight excluding hydrogens is 277 g/mol. The number of carboxylic acids is 1. The Balaban J connectivity index is 2.21. The molecule has 0 saturated heterocycles. The zero-order valence-corrected chi connectivity index (χ0v) is 10.9. The summed E-state index contributed by atoms with van der Waals surface area (Å²) in [5.74, 6) is -1.34. The minimum atomic E-state index is -1.02. The van der Waals surface area contributed by atoms with Crippen LogP contribution in [0.25, 0.3) is 0 Å². The zero-order chi connectivity index (χ0) is 13.3. The zero-order valence-electron chi connectivity index (χ0n) is 9.40. The fraction of sp³-hybridized carbons (Fsp3) is 0.333. The number of aliphatic carboxylic acids is 1. The number of halogens is 2. The Hall–Kier alpha value is -1.26. The number of benzene rings is 1. The van der Waals surface area contributed by atoms with Gasteiger partial charge in [-0.25, -0.2) is 0 Å². The van der Waals surface area contributed by atoms with Crippen molar-refractivity contribution in [2.75, 3.05) is 6.54 Å². The molecule has 0 spiro atoms. The van der Waals surface area contributed by atoms with Crippen LogP contribution in [0.5, 0.6) is 0 Å². The summed E-state index contributed by atoms with van der Waals surface area (Å²) in [6, 6.07) is 4.57. The number of carboxylic acid groups (broad SMARTS) is 1. The first-order valence-electron chi connectivity index (χ1n) is 5.47. The average Bonchev–Trinajstić information content (AvgIpc) is 3.12. The number of amides is 1. The molecule has 4 nitrogen and oxygen atoms in total. The molecule has 1 aliphatic rings. The summed E-state index contributed by atoms with van der Waals surface area (Å²) in [5, 5.41) is 9.46. The highest BCUT2D eigenvalue weighted by molar-refractivity contribution is 6.42. The summed E-state index contributed by atoms with van der Waals surface area (Å²) in [6.45, 7) is -0.288. The van der Waals surface area contributed by atoms with E-state index < -0.39 is 5.97 Å². The largest absolute Gasteiger partial charge is 0.480 e. The van der Waals surface area contributed by atoms with Gasteiger partial charge in [0, 0.05) is 11.6 Å². The van der Waals surface area contributed by atoms with Gasteiger partial charge in [-0.15, -0.1) is 0 Å². The summed E-state index contributed by atoms with van der Waals surface area (Å²) in [6.07, 6.45) is 1.70. The van der Waals surface area contributed by atoms with Crippen molar-refractivity contribution in [2.24, 2.45) is 0 Å². The molecule has 1 aromatic rings. The van der Waals surface area contributed by atoms with Crippen LogP contribution in [0.4, 0.5) is 0 Å². The first-order valence-corrected chi connectivity index (χ1v) is 6.22. The number of hydrogen-bond donors (Lipinski definition) is 1. The Labute approximate surface area is 114 Å². The van der Waals surface area contributed by atoms with Crippen LogP contribution >= 0.6 is 23.2 Å². The SMILES string of the molecule is O=C(O)CN(C(=O)c1ccc(Cl)c(Cl)c1)C1CC1.